The Hall–Kier alpha value is -1.05. The van der Waals surface area contributed by atoms with Crippen LogP contribution in [0.5, 0.6) is 0 Å². The number of nitrogens with one attached hydrogen (secondary N) is 2. The largest absolute Gasteiger partial charge is 0.399 e. The van der Waals surface area contributed by atoms with Crippen molar-refractivity contribution in [2.45, 2.75) is 18.8 Å². The van der Waals surface area contributed by atoms with Gasteiger partial charge in [-0.25, -0.2) is 0 Å². The van der Waals surface area contributed by atoms with Gasteiger partial charge < -0.3 is 15.6 Å². The highest BCUT2D eigenvalue weighted by Gasteiger charge is 2.25. The summed E-state index contributed by atoms with van der Waals surface area (Å²) in [5.74, 6) is 1.05. The van der Waals surface area contributed by atoms with Crippen LogP contribution in [0.1, 0.15) is 24.5 Å². The molecule has 1 saturated heterocycles. The molecule has 0 unspecified atom stereocenters. The van der Waals surface area contributed by atoms with Crippen molar-refractivity contribution in [2.24, 2.45) is 0 Å². The standard InChI is InChI=1S/C14H17N3O2.2BrH/c15-11-3-1-2-10(8-11)12-13(19-17-14(12)18)9-4-6-16-7-5-9;;/h1-3,8-9,16H,4-7,15H2,(H,17,18);2*1H. The third kappa shape index (κ3) is 3.78. The number of H-pyrrole nitrogens is 1. The van der Waals surface area contributed by atoms with E-state index in [1.165, 1.54) is 0 Å². The fraction of sp³-hybridized carbons (Fsp3) is 0.357. The normalized spacial score (nSPS) is 15.0. The van der Waals surface area contributed by atoms with Gasteiger partial charge in [0.1, 0.15) is 5.76 Å². The molecule has 5 nitrogen and oxygen atoms in total. The molecule has 1 aliphatic heterocycles. The van der Waals surface area contributed by atoms with Gasteiger partial charge >= 0.3 is 0 Å². The van der Waals surface area contributed by atoms with Gasteiger partial charge in [-0.05, 0) is 43.6 Å². The molecule has 0 bridgehead atoms. The van der Waals surface area contributed by atoms with Gasteiger partial charge in [0.05, 0.1) is 5.56 Å². The van der Waals surface area contributed by atoms with E-state index in [-0.39, 0.29) is 45.4 Å². The molecule has 4 N–H and O–H groups in total. The van der Waals surface area contributed by atoms with Gasteiger partial charge in [-0.1, -0.05) is 12.1 Å². The minimum atomic E-state index is -0.181. The minimum absolute atomic E-state index is 0. The second kappa shape index (κ2) is 7.82. The summed E-state index contributed by atoms with van der Waals surface area (Å²) < 4.78 is 5.42. The van der Waals surface area contributed by atoms with E-state index in [1.54, 1.807) is 0 Å². The molecule has 1 fully saturated rings. The molecule has 0 atom stereocenters. The Morgan fingerprint density at radius 3 is 2.57 bits per heavy atom. The van der Waals surface area contributed by atoms with Crippen molar-refractivity contribution in [2.75, 3.05) is 18.8 Å². The summed E-state index contributed by atoms with van der Waals surface area (Å²) in [5.41, 5.74) is 7.70. The lowest BCUT2D eigenvalue weighted by Gasteiger charge is -2.21. The molecule has 1 aliphatic rings. The highest BCUT2D eigenvalue weighted by atomic mass is 79.9. The van der Waals surface area contributed by atoms with Crippen LogP contribution in [0, 0.1) is 0 Å². The zero-order chi connectivity index (χ0) is 13.2. The maximum atomic E-state index is 12.0. The van der Waals surface area contributed by atoms with Crippen LogP contribution in [0.15, 0.2) is 33.6 Å². The fourth-order valence-corrected chi connectivity index (χ4v) is 2.65. The zero-order valence-corrected chi connectivity index (χ0v) is 14.9. The first kappa shape index (κ1) is 18.0. The van der Waals surface area contributed by atoms with Crippen LogP contribution < -0.4 is 16.6 Å². The first-order valence-corrected chi connectivity index (χ1v) is 6.53. The van der Waals surface area contributed by atoms with E-state index in [0.717, 1.165) is 37.3 Å². The Kier molecular flexibility index (Phi) is 6.70. The quantitative estimate of drug-likeness (QED) is 0.652. The smallest absolute Gasteiger partial charge is 0.288 e. The average Bonchev–Trinajstić information content (AvgIpc) is 2.82. The average molecular weight is 421 g/mol. The second-order valence-corrected chi connectivity index (χ2v) is 4.92. The summed E-state index contributed by atoms with van der Waals surface area (Å²) >= 11 is 0. The lowest BCUT2D eigenvalue weighted by atomic mass is 9.91. The molecule has 0 radical (unpaired) electrons. The van der Waals surface area contributed by atoms with Crippen molar-refractivity contribution in [3.63, 3.8) is 0 Å². The molecule has 0 spiro atoms. The number of rotatable bonds is 2. The highest BCUT2D eigenvalue weighted by molar-refractivity contribution is 8.93. The third-order valence-corrected chi connectivity index (χ3v) is 3.61. The SMILES string of the molecule is Br.Br.Nc1cccc(-c2c(C3CCNCC3)o[nH]c2=O)c1. The van der Waals surface area contributed by atoms with Gasteiger partial charge in [-0.15, -0.1) is 34.0 Å². The van der Waals surface area contributed by atoms with Crippen molar-refractivity contribution in [1.29, 1.82) is 0 Å². The van der Waals surface area contributed by atoms with Gasteiger partial charge in [0.2, 0.25) is 0 Å². The van der Waals surface area contributed by atoms with E-state index < -0.39 is 0 Å². The van der Waals surface area contributed by atoms with E-state index in [4.69, 9.17) is 10.3 Å². The molecular formula is C14H19Br2N3O2. The van der Waals surface area contributed by atoms with Gasteiger partial charge in [-0.2, -0.15) is 5.16 Å². The van der Waals surface area contributed by atoms with Crippen molar-refractivity contribution in [1.82, 2.24) is 10.5 Å². The second-order valence-electron chi connectivity index (χ2n) is 4.92. The Bertz CT molecular complexity index is 633. The number of benzene rings is 1. The van der Waals surface area contributed by atoms with Crippen LogP contribution in [0.4, 0.5) is 5.69 Å². The predicted molar refractivity (Wildman–Crippen MR) is 94.7 cm³/mol. The van der Waals surface area contributed by atoms with Crippen LogP contribution >= 0.6 is 34.0 Å². The molecular weight excluding hydrogens is 402 g/mol. The Balaban J connectivity index is 0.00000110. The lowest BCUT2D eigenvalue weighted by molar-refractivity contribution is 0.326. The van der Waals surface area contributed by atoms with E-state index in [0.29, 0.717) is 11.3 Å². The van der Waals surface area contributed by atoms with E-state index >= 15 is 0 Å². The summed E-state index contributed by atoms with van der Waals surface area (Å²) in [6, 6.07) is 7.36. The third-order valence-electron chi connectivity index (χ3n) is 3.61. The number of nitrogen functional groups attached to an aromatic ring is 1. The molecule has 0 aliphatic carbocycles. The molecule has 2 heterocycles. The van der Waals surface area contributed by atoms with E-state index in [1.807, 2.05) is 24.3 Å². The van der Waals surface area contributed by atoms with Crippen molar-refractivity contribution in [3.05, 3.63) is 40.4 Å². The first-order chi connectivity index (χ1) is 9.25. The summed E-state index contributed by atoms with van der Waals surface area (Å²) in [4.78, 5) is 12.0. The molecule has 7 heteroatoms. The molecule has 21 heavy (non-hydrogen) atoms. The summed E-state index contributed by atoms with van der Waals surface area (Å²) in [5, 5.41) is 5.77. The van der Waals surface area contributed by atoms with Crippen molar-refractivity contribution >= 4 is 39.7 Å². The topological polar surface area (TPSA) is 84.0 Å². The molecule has 1 aromatic heterocycles. The van der Waals surface area contributed by atoms with Gasteiger partial charge in [-0.3, -0.25) is 4.79 Å². The predicted octanol–water partition coefficient (Wildman–Crippen LogP) is 2.84. The van der Waals surface area contributed by atoms with Crippen molar-refractivity contribution < 1.29 is 4.52 Å². The number of piperidine rings is 1. The Morgan fingerprint density at radius 1 is 1.19 bits per heavy atom. The number of aromatic nitrogens is 1. The van der Waals surface area contributed by atoms with Gasteiger partial charge in [0.25, 0.3) is 5.56 Å². The molecule has 1 aromatic carbocycles. The van der Waals surface area contributed by atoms with Crippen LogP contribution in [-0.4, -0.2) is 18.2 Å². The van der Waals surface area contributed by atoms with E-state index in [9.17, 15) is 4.79 Å². The van der Waals surface area contributed by atoms with Crippen LogP contribution in [0.2, 0.25) is 0 Å². The fourth-order valence-electron chi connectivity index (χ4n) is 2.65. The van der Waals surface area contributed by atoms with Crippen LogP contribution in [-0.2, 0) is 0 Å². The van der Waals surface area contributed by atoms with Crippen LogP contribution in [0.25, 0.3) is 11.1 Å². The van der Waals surface area contributed by atoms with E-state index in [2.05, 4.69) is 10.5 Å². The van der Waals surface area contributed by atoms with Gasteiger partial charge in [0, 0.05) is 11.6 Å². The lowest BCUT2D eigenvalue weighted by Crippen LogP contribution is -2.26. The summed E-state index contributed by atoms with van der Waals surface area (Å²) in [6.45, 7) is 1.91. The minimum Gasteiger partial charge on any atom is -0.399 e. The molecule has 0 amide bonds. The molecule has 2 aromatic rings. The van der Waals surface area contributed by atoms with Gasteiger partial charge in [0.15, 0.2) is 0 Å². The van der Waals surface area contributed by atoms with Crippen LogP contribution in [0.3, 0.4) is 0 Å². The Labute approximate surface area is 143 Å². The Morgan fingerprint density at radius 2 is 1.90 bits per heavy atom. The zero-order valence-electron chi connectivity index (χ0n) is 11.4. The number of nitrogens with two attached hydrogens (primary N) is 1. The van der Waals surface area contributed by atoms with Crippen molar-refractivity contribution in [3.8, 4) is 11.1 Å². The maximum Gasteiger partial charge on any atom is 0.288 e. The number of hydrogen-bond acceptors (Lipinski definition) is 4. The summed E-state index contributed by atoms with van der Waals surface area (Å²) in [7, 11) is 0. The number of aromatic amines is 1. The summed E-state index contributed by atoms with van der Waals surface area (Å²) in [6.07, 6.45) is 1.96. The number of anilines is 1. The molecule has 3 rings (SSSR count). The monoisotopic (exact) mass is 419 g/mol. The number of hydrogen-bond donors (Lipinski definition) is 3. The highest BCUT2D eigenvalue weighted by Crippen LogP contribution is 2.32. The maximum absolute atomic E-state index is 12.0. The first-order valence-electron chi connectivity index (χ1n) is 6.53. The molecule has 116 valence electrons. The number of halogens is 2. The molecule has 0 saturated carbocycles.